The molecule has 1 aromatic heterocycles. The summed E-state index contributed by atoms with van der Waals surface area (Å²) < 4.78 is 0. The first-order valence-corrected chi connectivity index (χ1v) is 8.41. The number of benzene rings is 1. The average molecular weight is 282 g/mol. The van der Waals surface area contributed by atoms with Crippen LogP contribution in [0.3, 0.4) is 0 Å². The number of para-hydroxylation sites is 1. The lowest BCUT2D eigenvalue weighted by atomic mass is 9.90. The molecular weight excluding hydrogens is 256 g/mol. The Morgan fingerprint density at radius 3 is 2.62 bits per heavy atom. The molecule has 1 fully saturated rings. The van der Waals surface area contributed by atoms with Crippen LogP contribution in [0, 0.1) is 5.92 Å². The predicted molar refractivity (Wildman–Crippen MR) is 89.2 cm³/mol. The molecule has 21 heavy (non-hydrogen) atoms. The normalized spacial score (nSPS) is 18.5. The molecule has 0 radical (unpaired) electrons. The lowest BCUT2D eigenvalue weighted by Crippen LogP contribution is -2.26. The fraction of sp³-hybridized carbons (Fsp3) is 0.526. The first-order chi connectivity index (χ1) is 10.3. The number of hydrogen-bond donors (Lipinski definition) is 1. The molecule has 1 saturated carbocycles. The highest BCUT2D eigenvalue weighted by Gasteiger charge is 2.16. The summed E-state index contributed by atoms with van der Waals surface area (Å²) in [7, 11) is 0. The molecule has 112 valence electrons. The van der Waals surface area contributed by atoms with Gasteiger partial charge in [0.15, 0.2) is 0 Å². The van der Waals surface area contributed by atoms with E-state index < -0.39 is 0 Å². The van der Waals surface area contributed by atoms with Crippen LogP contribution in [0.2, 0.25) is 0 Å². The van der Waals surface area contributed by atoms with Crippen LogP contribution >= 0.6 is 0 Å². The molecule has 0 bridgehead atoms. The van der Waals surface area contributed by atoms with Gasteiger partial charge in [-0.25, -0.2) is 0 Å². The summed E-state index contributed by atoms with van der Waals surface area (Å²) in [5.74, 6) is 0.843. The van der Waals surface area contributed by atoms with Crippen molar-refractivity contribution in [3.63, 3.8) is 0 Å². The second-order valence-electron chi connectivity index (χ2n) is 6.54. The molecule has 1 aromatic carbocycles. The summed E-state index contributed by atoms with van der Waals surface area (Å²) in [5, 5.41) is 1.26. The fourth-order valence-electron chi connectivity index (χ4n) is 3.73. The van der Waals surface area contributed by atoms with E-state index in [4.69, 9.17) is 5.73 Å². The first kappa shape index (κ1) is 14.5. The fourth-order valence-corrected chi connectivity index (χ4v) is 3.73. The number of hydrogen-bond acceptors (Lipinski definition) is 2. The molecule has 0 spiro atoms. The monoisotopic (exact) mass is 282 g/mol. The average Bonchev–Trinajstić information content (AvgIpc) is 2.76. The molecule has 2 aromatic rings. The van der Waals surface area contributed by atoms with Crippen molar-refractivity contribution >= 4 is 10.9 Å². The smallest absolute Gasteiger partial charge is 0.0704 e. The third-order valence-electron chi connectivity index (χ3n) is 4.83. The number of aromatic nitrogens is 1. The highest BCUT2D eigenvalue weighted by Crippen LogP contribution is 2.27. The molecule has 2 N–H and O–H groups in total. The van der Waals surface area contributed by atoms with E-state index in [1.165, 1.54) is 55.9 Å². The summed E-state index contributed by atoms with van der Waals surface area (Å²) in [6.45, 7) is 0. The topological polar surface area (TPSA) is 38.9 Å². The third kappa shape index (κ3) is 3.82. The van der Waals surface area contributed by atoms with Gasteiger partial charge in [0.1, 0.15) is 0 Å². The van der Waals surface area contributed by atoms with Gasteiger partial charge in [-0.15, -0.1) is 0 Å². The minimum atomic E-state index is 0.277. The lowest BCUT2D eigenvalue weighted by Gasteiger charge is -2.20. The van der Waals surface area contributed by atoms with Crippen molar-refractivity contribution < 1.29 is 0 Å². The van der Waals surface area contributed by atoms with Crippen LogP contribution in [0.25, 0.3) is 10.9 Å². The molecule has 0 aliphatic heterocycles. The van der Waals surface area contributed by atoms with Gasteiger partial charge in [0.25, 0.3) is 0 Å². The van der Waals surface area contributed by atoms with E-state index in [1.54, 1.807) is 0 Å². The van der Waals surface area contributed by atoms with Crippen LogP contribution in [0.1, 0.15) is 50.5 Å². The maximum Gasteiger partial charge on any atom is 0.0704 e. The summed E-state index contributed by atoms with van der Waals surface area (Å²) >= 11 is 0. The zero-order chi connectivity index (χ0) is 14.5. The van der Waals surface area contributed by atoms with Crippen LogP contribution in [-0.2, 0) is 6.42 Å². The Morgan fingerprint density at radius 1 is 1.05 bits per heavy atom. The van der Waals surface area contributed by atoms with Gasteiger partial charge in [-0.3, -0.25) is 4.98 Å². The van der Waals surface area contributed by atoms with E-state index in [1.807, 2.05) is 12.3 Å². The minimum Gasteiger partial charge on any atom is -0.327 e. The number of pyridine rings is 1. The van der Waals surface area contributed by atoms with E-state index in [2.05, 4.69) is 29.2 Å². The summed E-state index contributed by atoms with van der Waals surface area (Å²) in [4.78, 5) is 4.44. The van der Waals surface area contributed by atoms with Crippen LogP contribution in [-0.4, -0.2) is 11.0 Å². The summed E-state index contributed by atoms with van der Waals surface area (Å²) in [5.41, 5.74) is 8.89. The molecule has 0 amide bonds. The third-order valence-corrected chi connectivity index (χ3v) is 4.83. The maximum atomic E-state index is 6.46. The van der Waals surface area contributed by atoms with Crippen LogP contribution < -0.4 is 5.73 Å². The number of nitrogens with two attached hydrogens (primary N) is 1. The van der Waals surface area contributed by atoms with E-state index >= 15 is 0 Å². The zero-order valence-corrected chi connectivity index (χ0v) is 12.8. The molecular formula is C19H26N2. The second kappa shape index (κ2) is 7.04. The van der Waals surface area contributed by atoms with Gasteiger partial charge in [0.05, 0.1) is 5.52 Å². The molecule has 0 saturated heterocycles. The Bertz CT molecular complexity index is 565. The highest BCUT2D eigenvalue weighted by molar-refractivity contribution is 5.81. The lowest BCUT2D eigenvalue weighted by molar-refractivity contribution is 0.387. The van der Waals surface area contributed by atoms with E-state index in [0.29, 0.717) is 0 Å². The van der Waals surface area contributed by atoms with Crippen LogP contribution in [0.4, 0.5) is 0 Å². The molecule has 2 heteroatoms. The van der Waals surface area contributed by atoms with Crippen molar-refractivity contribution in [1.82, 2.24) is 4.98 Å². The van der Waals surface area contributed by atoms with E-state index in [-0.39, 0.29) is 6.04 Å². The molecule has 1 heterocycles. The SMILES string of the molecule is NC(Cc1ccnc2ccccc12)CC1CCCCCC1. The van der Waals surface area contributed by atoms with Gasteiger partial charge in [-0.2, -0.15) is 0 Å². The summed E-state index contributed by atoms with van der Waals surface area (Å²) in [6, 6.07) is 10.8. The van der Waals surface area contributed by atoms with Gasteiger partial charge in [-0.1, -0.05) is 56.7 Å². The van der Waals surface area contributed by atoms with E-state index in [0.717, 1.165) is 17.9 Å². The largest absolute Gasteiger partial charge is 0.327 e. The van der Waals surface area contributed by atoms with Gasteiger partial charge in [0, 0.05) is 17.6 Å². The molecule has 1 unspecified atom stereocenters. The predicted octanol–water partition coefficient (Wildman–Crippen LogP) is 4.47. The summed E-state index contributed by atoms with van der Waals surface area (Å²) in [6.07, 6.45) is 12.5. The zero-order valence-electron chi connectivity index (χ0n) is 12.8. The van der Waals surface area contributed by atoms with Crippen molar-refractivity contribution in [3.8, 4) is 0 Å². The van der Waals surface area contributed by atoms with Crippen LogP contribution in [0.5, 0.6) is 0 Å². The standard InChI is InChI=1S/C19H26N2/c20-17(13-15-7-3-1-2-4-8-15)14-16-11-12-21-19-10-6-5-9-18(16)19/h5-6,9-12,15,17H,1-4,7-8,13-14,20H2. The Morgan fingerprint density at radius 2 is 1.81 bits per heavy atom. The Kier molecular flexibility index (Phi) is 4.87. The molecule has 3 rings (SSSR count). The van der Waals surface area contributed by atoms with Crippen molar-refractivity contribution in [2.75, 3.05) is 0 Å². The minimum absolute atomic E-state index is 0.277. The Hall–Kier alpha value is -1.41. The number of rotatable bonds is 4. The first-order valence-electron chi connectivity index (χ1n) is 8.41. The molecule has 2 nitrogen and oxygen atoms in total. The van der Waals surface area contributed by atoms with Crippen LogP contribution in [0.15, 0.2) is 36.5 Å². The van der Waals surface area contributed by atoms with Gasteiger partial charge < -0.3 is 5.73 Å². The van der Waals surface area contributed by atoms with Crippen molar-refractivity contribution in [1.29, 1.82) is 0 Å². The molecule has 1 aliphatic rings. The quantitative estimate of drug-likeness (QED) is 0.841. The maximum absolute atomic E-state index is 6.46. The molecule has 1 atom stereocenters. The number of fused-ring (bicyclic) bond motifs is 1. The van der Waals surface area contributed by atoms with Gasteiger partial charge >= 0.3 is 0 Å². The Labute approximate surface area is 127 Å². The van der Waals surface area contributed by atoms with Crippen molar-refractivity contribution in [2.45, 2.75) is 57.4 Å². The highest BCUT2D eigenvalue weighted by atomic mass is 14.7. The Balaban J connectivity index is 1.67. The van der Waals surface area contributed by atoms with E-state index in [9.17, 15) is 0 Å². The van der Waals surface area contributed by atoms with Gasteiger partial charge in [0.2, 0.25) is 0 Å². The van der Waals surface area contributed by atoms with Crippen molar-refractivity contribution in [3.05, 3.63) is 42.1 Å². The van der Waals surface area contributed by atoms with Gasteiger partial charge in [-0.05, 0) is 36.5 Å². The number of nitrogens with zero attached hydrogens (tertiary/aromatic N) is 1. The second-order valence-corrected chi connectivity index (χ2v) is 6.54. The van der Waals surface area contributed by atoms with Crippen molar-refractivity contribution in [2.24, 2.45) is 11.7 Å². The molecule has 1 aliphatic carbocycles.